The lowest BCUT2D eigenvalue weighted by molar-refractivity contribution is -0.129. The van der Waals surface area contributed by atoms with Crippen molar-refractivity contribution in [3.8, 4) is 0 Å². The maximum absolute atomic E-state index is 11.3. The molecule has 4 heteroatoms. The molecular formula is C12H17NO3. The van der Waals surface area contributed by atoms with E-state index in [1.54, 1.807) is 20.1 Å². The van der Waals surface area contributed by atoms with Crippen LogP contribution in [0.3, 0.4) is 0 Å². The van der Waals surface area contributed by atoms with Crippen LogP contribution in [0.1, 0.15) is 19.8 Å². The van der Waals surface area contributed by atoms with E-state index in [4.69, 9.17) is 4.74 Å². The van der Waals surface area contributed by atoms with Gasteiger partial charge in [-0.05, 0) is 24.0 Å². The Bertz CT molecular complexity index is 370. The summed E-state index contributed by atoms with van der Waals surface area (Å²) in [5.41, 5.74) is 1.14. The number of piperidine rings is 1. The summed E-state index contributed by atoms with van der Waals surface area (Å²) >= 11 is 0. The summed E-state index contributed by atoms with van der Waals surface area (Å²) < 4.78 is 5.13. The topological polar surface area (TPSA) is 49.8 Å². The highest BCUT2D eigenvalue weighted by Gasteiger charge is 2.30. The average Bonchev–Trinajstić information content (AvgIpc) is 2.27. The molecule has 0 bridgehead atoms. The lowest BCUT2D eigenvalue weighted by Gasteiger charge is -2.35. The summed E-state index contributed by atoms with van der Waals surface area (Å²) in [5.74, 6) is 1.38. The predicted molar refractivity (Wildman–Crippen MR) is 59.7 cm³/mol. The minimum atomic E-state index is 0.0976. The number of amides is 1. The van der Waals surface area contributed by atoms with Crippen molar-refractivity contribution in [3.63, 3.8) is 0 Å². The zero-order valence-electron chi connectivity index (χ0n) is 9.69. The number of ether oxygens (including phenoxy) is 1. The highest BCUT2D eigenvalue weighted by molar-refractivity contribution is 5.73. The second-order valence-electron chi connectivity index (χ2n) is 4.36. The molecule has 1 N–H and O–H groups in total. The molecular weight excluding hydrogens is 206 g/mol. The summed E-state index contributed by atoms with van der Waals surface area (Å²) in [5, 5.41) is 9.71. The van der Waals surface area contributed by atoms with Crippen LogP contribution in [0.15, 0.2) is 23.2 Å². The average molecular weight is 223 g/mol. The number of rotatable bonds is 1. The Balaban J connectivity index is 2.18. The van der Waals surface area contributed by atoms with Gasteiger partial charge in [0.2, 0.25) is 5.91 Å². The monoisotopic (exact) mass is 223 g/mol. The van der Waals surface area contributed by atoms with Gasteiger partial charge in [-0.25, -0.2) is 0 Å². The summed E-state index contributed by atoms with van der Waals surface area (Å²) in [7, 11) is 1.58. The van der Waals surface area contributed by atoms with Crippen molar-refractivity contribution in [3.05, 3.63) is 23.2 Å². The molecule has 1 unspecified atom stereocenters. The number of aliphatic hydroxyl groups excluding tert-OH is 1. The smallest absolute Gasteiger partial charge is 0.219 e. The fourth-order valence-corrected chi connectivity index (χ4v) is 2.36. The molecule has 2 rings (SSSR count). The number of nitrogens with zero attached hydrogens (tertiary/aromatic N) is 1. The summed E-state index contributed by atoms with van der Waals surface area (Å²) in [6.07, 6.45) is 3.45. The lowest BCUT2D eigenvalue weighted by Crippen LogP contribution is -2.39. The van der Waals surface area contributed by atoms with Crippen molar-refractivity contribution in [1.29, 1.82) is 0 Å². The highest BCUT2D eigenvalue weighted by Crippen LogP contribution is 2.34. The van der Waals surface area contributed by atoms with E-state index in [1.807, 2.05) is 4.90 Å². The van der Waals surface area contributed by atoms with E-state index in [9.17, 15) is 9.90 Å². The zero-order chi connectivity index (χ0) is 11.7. The Hall–Kier alpha value is -1.45. The minimum Gasteiger partial charge on any atom is -0.504 e. The van der Waals surface area contributed by atoms with Gasteiger partial charge in [-0.1, -0.05) is 0 Å². The van der Waals surface area contributed by atoms with Gasteiger partial charge in [0.05, 0.1) is 7.11 Å². The fraction of sp³-hybridized carbons (Fsp3) is 0.583. The molecule has 4 nitrogen and oxygen atoms in total. The molecule has 0 aromatic carbocycles. The van der Waals surface area contributed by atoms with E-state index >= 15 is 0 Å². The van der Waals surface area contributed by atoms with Crippen molar-refractivity contribution >= 4 is 5.91 Å². The van der Waals surface area contributed by atoms with Gasteiger partial charge in [-0.2, -0.15) is 0 Å². The van der Waals surface area contributed by atoms with Gasteiger partial charge in [0.15, 0.2) is 5.76 Å². The van der Waals surface area contributed by atoms with Crippen LogP contribution in [0.4, 0.5) is 0 Å². The van der Waals surface area contributed by atoms with Crippen LogP contribution < -0.4 is 0 Å². The molecule has 0 aromatic heterocycles. The van der Waals surface area contributed by atoms with E-state index in [-0.39, 0.29) is 11.7 Å². The lowest BCUT2D eigenvalue weighted by atomic mass is 9.84. The van der Waals surface area contributed by atoms with E-state index in [0.717, 1.165) is 25.0 Å². The quantitative estimate of drug-likeness (QED) is 0.734. The molecule has 2 aliphatic rings. The van der Waals surface area contributed by atoms with Crippen molar-refractivity contribution in [2.24, 2.45) is 5.92 Å². The number of allylic oxidation sites excluding steroid dienone is 2. The van der Waals surface area contributed by atoms with Gasteiger partial charge in [-0.3, -0.25) is 4.79 Å². The van der Waals surface area contributed by atoms with E-state index in [1.165, 1.54) is 0 Å². The van der Waals surface area contributed by atoms with Gasteiger partial charge in [0.25, 0.3) is 0 Å². The normalized spacial score (nSPS) is 25.0. The van der Waals surface area contributed by atoms with Gasteiger partial charge in [0.1, 0.15) is 5.76 Å². The highest BCUT2D eigenvalue weighted by atomic mass is 16.5. The molecule has 0 radical (unpaired) electrons. The van der Waals surface area contributed by atoms with Gasteiger partial charge >= 0.3 is 0 Å². The molecule has 1 atom stereocenters. The van der Waals surface area contributed by atoms with Gasteiger partial charge < -0.3 is 14.7 Å². The Labute approximate surface area is 95.2 Å². The molecule has 1 aliphatic carbocycles. The van der Waals surface area contributed by atoms with Gasteiger partial charge in [0, 0.05) is 26.4 Å². The van der Waals surface area contributed by atoms with Crippen LogP contribution in [0.5, 0.6) is 0 Å². The van der Waals surface area contributed by atoms with Crippen molar-refractivity contribution in [2.45, 2.75) is 19.8 Å². The summed E-state index contributed by atoms with van der Waals surface area (Å²) in [6, 6.07) is 0. The van der Waals surface area contributed by atoms with Crippen LogP contribution in [-0.4, -0.2) is 36.1 Å². The van der Waals surface area contributed by atoms with Crippen molar-refractivity contribution in [1.82, 2.24) is 4.90 Å². The second kappa shape index (κ2) is 4.20. The van der Waals surface area contributed by atoms with Crippen LogP contribution in [0.25, 0.3) is 0 Å². The van der Waals surface area contributed by atoms with Crippen LogP contribution in [-0.2, 0) is 9.53 Å². The van der Waals surface area contributed by atoms with E-state index < -0.39 is 0 Å². The predicted octanol–water partition coefficient (Wildman–Crippen LogP) is 1.60. The molecule has 88 valence electrons. The van der Waals surface area contributed by atoms with Crippen LogP contribution in [0.2, 0.25) is 0 Å². The van der Waals surface area contributed by atoms with Crippen molar-refractivity contribution in [2.75, 3.05) is 20.2 Å². The number of hydrogen-bond acceptors (Lipinski definition) is 3. The third kappa shape index (κ3) is 1.92. The second-order valence-corrected chi connectivity index (χ2v) is 4.36. The number of hydrogen-bond donors (Lipinski definition) is 1. The molecule has 0 saturated carbocycles. The van der Waals surface area contributed by atoms with Gasteiger partial charge in [-0.15, -0.1) is 0 Å². The molecule has 0 aromatic rings. The maximum Gasteiger partial charge on any atom is 0.219 e. The standard InChI is InChI=1S/C12H17NO3/c1-8(14)13-4-3-9-6-12(16-2)11(15)5-10(9)7-13/h5,9,15H,3-4,6-7H2,1-2H3. The molecule has 1 fully saturated rings. The maximum atomic E-state index is 11.3. The minimum absolute atomic E-state index is 0.0976. The fourth-order valence-electron chi connectivity index (χ4n) is 2.36. The Morgan fingerprint density at radius 3 is 3.00 bits per heavy atom. The summed E-state index contributed by atoms with van der Waals surface area (Å²) in [6.45, 7) is 3.02. The Morgan fingerprint density at radius 1 is 1.62 bits per heavy atom. The molecule has 1 aliphatic heterocycles. The first kappa shape index (κ1) is 11.0. The SMILES string of the molecule is COC1=C(O)C=C2CN(C(C)=O)CCC2C1. The van der Waals surface area contributed by atoms with E-state index in [0.29, 0.717) is 18.2 Å². The third-order valence-electron chi connectivity index (χ3n) is 3.38. The first-order valence-corrected chi connectivity index (χ1v) is 5.54. The molecule has 1 heterocycles. The number of aliphatic hydroxyl groups is 1. The zero-order valence-corrected chi connectivity index (χ0v) is 9.69. The van der Waals surface area contributed by atoms with Crippen LogP contribution in [0, 0.1) is 5.92 Å². The van der Waals surface area contributed by atoms with Crippen LogP contribution >= 0.6 is 0 Å². The molecule has 16 heavy (non-hydrogen) atoms. The molecule has 1 amide bonds. The number of methoxy groups -OCH3 is 1. The largest absolute Gasteiger partial charge is 0.504 e. The van der Waals surface area contributed by atoms with Crippen molar-refractivity contribution < 1.29 is 14.6 Å². The number of carbonyl (C=O) groups is 1. The molecule has 0 spiro atoms. The Morgan fingerprint density at radius 2 is 2.38 bits per heavy atom. The Kier molecular flexibility index (Phi) is 2.90. The molecule has 1 saturated heterocycles. The summed E-state index contributed by atoms with van der Waals surface area (Å²) in [4.78, 5) is 13.1. The third-order valence-corrected chi connectivity index (χ3v) is 3.38. The number of likely N-dealkylation sites (tertiary alicyclic amines) is 1. The number of carbonyl (C=O) groups excluding carboxylic acids is 1. The number of fused-ring (bicyclic) bond motifs is 1. The first-order chi connectivity index (χ1) is 7.61. The first-order valence-electron chi connectivity index (χ1n) is 5.54. The van der Waals surface area contributed by atoms with E-state index in [2.05, 4.69) is 0 Å².